The van der Waals surface area contributed by atoms with Crippen LogP contribution in [0.1, 0.15) is 15.9 Å². The van der Waals surface area contributed by atoms with Crippen LogP contribution in [-0.4, -0.2) is 33.9 Å². The molecule has 0 atom stereocenters. The first-order chi connectivity index (χ1) is 10.8. The fraction of sp³-hybridized carbons (Fsp3) is 0.176. The Kier molecular flexibility index (Phi) is 3.04. The van der Waals surface area contributed by atoms with E-state index in [2.05, 4.69) is 9.97 Å². The van der Waals surface area contributed by atoms with Gasteiger partial charge in [0.15, 0.2) is 0 Å². The van der Waals surface area contributed by atoms with Crippen molar-refractivity contribution in [3.8, 4) is 5.75 Å². The summed E-state index contributed by atoms with van der Waals surface area (Å²) in [6, 6.07) is 9.56. The molecule has 0 unspecified atom stereocenters. The molecule has 0 saturated carbocycles. The number of ether oxygens (including phenoxy) is 1. The zero-order chi connectivity index (χ0) is 14.9. The normalized spacial score (nSPS) is 14.3. The van der Waals surface area contributed by atoms with Gasteiger partial charge < -0.3 is 14.6 Å². The van der Waals surface area contributed by atoms with E-state index >= 15 is 0 Å². The number of aromatic nitrogens is 2. The predicted molar refractivity (Wildman–Crippen MR) is 82.8 cm³/mol. The average Bonchev–Trinajstić information content (AvgIpc) is 2.91. The van der Waals surface area contributed by atoms with Crippen molar-refractivity contribution in [2.75, 3.05) is 13.2 Å². The molecular weight excluding hydrogens is 278 g/mol. The molecular formula is C17H15N3O2. The van der Waals surface area contributed by atoms with E-state index < -0.39 is 0 Å². The number of nitrogens with zero attached hydrogens (tertiary/aromatic N) is 2. The number of carbonyl (C=O) groups is 1. The van der Waals surface area contributed by atoms with Gasteiger partial charge >= 0.3 is 0 Å². The summed E-state index contributed by atoms with van der Waals surface area (Å²) in [5.41, 5.74) is 2.59. The molecule has 0 aliphatic carbocycles. The number of fused-ring (bicyclic) bond motifs is 2. The molecule has 22 heavy (non-hydrogen) atoms. The van der Waals surface area contributed by atoms with Crippen LogP contribution in [0.25, 0.3) is 10.9 Å². The Morgan fingerprint density at radius 1 is 1.27 bits per heavy atom. The molecule has 1 aromatic carbocycles. The number of benzene rings is 1. The Hall–Kier alpha value is -2.82. The molecule has 1 aliphatic rings. The van der Waals surface area contributed by atoms with Crippen LogP contribution in [0, 0.1) is 0 Å². The van der Waals surface area contributed by atoms with Gasteiger partial charge in [-0.1, -0.05) is 6.07 Å². The van der Waals surface area contributed by atoms with Crippen LogP contribution in [0.3, 0.4) is 0 Å². The largest absolute Gasteiger partial charge is 0.491 e. The van der Waals surface area contributed by atoms with Crippen LogP contribution in [-0.2, 0) is 6.54 Å². The molecule has 5 nitrogen and oxygen atoms in total. The van der Waals surface area contributed by atoms with E-state index in [1.165, 1.54) is 0 Å². The first kappa shape index (κ1) is 12.9. The summed E-state index contributed by atoms with van der Waals surface area (Å²) in [4.78, 5) is 21.8. The van der Waals surface area contributed by atoms with Crippen molar-refractivity contribution < 1.29 is 9.53 Å². The number of hydrogen-bond donors (Lipinski definition) is 1. The fourth-order valence-corrected chi connectivity index (χ4v) is 2.76. The van der Waals surface area contributed by atoms with Gasteiger partial charge in [-0.25, -0.2) is 0 Å². The third kappa shape index (κ3) is 2.20. The molecule has 0 spiro atoms. The van der Waals surface area contributed by atoms with E-state index in [0.29, 0.717) is 25.3 Å². The van der Waals surface area contributed by atoms with E-state index in [1.54, 1.807) is 17.3 Å². The number of pyridine rings is 1. The van der Waals surface area contributed by atoms with E-state index in [4.69, 9.17) is 4.74 Å². The zero-order valence-corrected chi connectivity index (χ0v) is 12.0. The first-order valence-corrected chi connectivity index (χ1v) is 7.23. The second-order valence-corrected chi connectivity index (χ2v) is 5.34. The summed E-state index contributed by atoms with van der Waals surface area (Å²) in [5, 5.41) is 1.10. The Labute approximate surface area is 127 Å². The first-order valence-electron chi connectivity index (χ1n) is 7.23. The number of hydrogen-bond acceptors (Lipinski definition) is 3. The lowest BCUT2D eigenvalue weighted by Gasteiger charge is -2.19. The van der Waals surface area contributed by atoms with E-state index in [1.807, 2.05) is 36.5 Å². The molecule has 0 saturated heterocycles. The van der Waals surface area contributed by atoms with Gasteiger partial charge in [0.25, 0.3) is 5.91 Å². The molecule has 5 heteroatoms. The topological polar surface area (TPSA) is 58.2 Å². The van der Waals surface area contributed by atoms with Crippen LogP contribution in [0.4, 0.5) is 0 Å². The minimum Gasteiger partial charge on any atom is -0.491 e. The van der Waals surface area contributed by atoms with Crippen molar-refractivity contribution in [1.29, 1.82) is 0 Å². The molecule has 4 rings (SSSR count). The Balaban J connectivity index is 1.64. The zero-order valence-electron chi connectivity index (χ0n) is 12.0. The highest BCUT2D eigenvalue weighted by Gasteiger charge is 2.21. The Bertz CT molecular complexity index is 841. The van der Waals surface area contributed by atoms with Gasteiger partial charge in [-0.2, -0.15) is 0 Å². The van der Waals surface area contributed by atoms with Crippen LogP contribution in [0.5, 0.6) is 5.75 Å². The van der Waals surface area contributed by atoms with Crippen LogP contribution >= 0.6 is 0 Å². The minimum atomic E-state index is 0.0109. The molecule has 3 aromatic rings. The van der Waals surface area contributed by atoms with Crippen molar-refractivity contribution >= 4 is 16.8 Å². The second-order valence-electron chi connectivity index (χ2n) is 5.34. The highest BCUT2D eigenvalue weighted by atomic mass is 16.5. The van der Waals surface area contributed by atoms with Crippen LogP contribution in [0.2, 0.25) is 0 Å². The summed E-state index contributed by atoms with van der Waals surface area (Å²) in [7, 11) is 0. The van der Waals surface area contributed by atoms with Crippen molar-refractivity contribution in [2.45, 2.75) is 6.54 Å². The lowest BCUT2D eigenvalue weighted by Crippen LogP contribution is -2.32. The summed E-state index contributed by atoms with van der Waals surface area (Å²) >= 11 is 0. The smallest absolute Gasteiger partial charge is 0.254 e. The molecule has 0 bridgehead atoms. The summed E-state index contributed by atoms with van der Waals surface area (Å²) in [5.74, 6) is 0.821. The van der Waals surface area contributed by atoms with Crippen molar-refractivity contribution in [3.05, 3.63) is 60.0 Å². The molecule has 0 radical (unpaired) electrons. The maximum absolute atomic E-state index is 12.8. The molecule has 2 aromatic heterocycles. The summed E-state index contributed by atoms with van der Waals surface area (Å²) in [6.45, 7) is 1.58. The number of rotatable bonds is 1. The average molecular weight is 293 g/mol. The van der Waals surface area contributed by atoms with E-state index in [9.17, 15) is 4.79 Å². The van der Waals surface area contributed by atoms with Gasteiger partial charge in [0.2, 0.25) is 0 Å². The summed E-state index contributed by atoms with van der Waals surface area (Å²) < 4.78 is 5.68. The lowest BCUT2D eigenvalue weighted by atomic mass is 10.1. The summed E-state index contributed by atoms with van der Waals surface area (Å²) in [6.07, 6.45) is 5.34. The monoisotopic (exact) mass is 293 g/mol. The number of carbonyl (C=O) groups excluding carboxylic acids is 1. The quantitative estimate of drug-likeness (QED) is 0.750. The minimum absolute atomic E-state index is 0.0109. The molecule has 110 valence electrons. The van der Waals surface area contributed by atoms with E-state index in [-0.39, 0.29) is 5.91 Å². The fourth-order valence-electron chi connectivity index (χ4n) is 2.76. The molecule has 1 amide bonds. The second kappa shape index (κ2) is 5.18. The number of aromatic amines is 1. The van der Waals surface area contributed by atoms with Gasteiger partial charge in [0, 0.05) is 35.2 Å². The Morgan fingerprint density at radius 3 is 3.18 bits per heavy atom. The van der Waals surface area contributed by atoms with Gasteiger partial charge in [0.1, 0.15) is 12.4 Å². The highest BCUT2D eigenvalue weighted by Crippen LogP contribution is 2.23. The van der Waals surface area contributed by atoms with Crippen molar-refractivity contribution in [1.82, 2.24) is 14.9 Å². The number of amides is 1. The molecule has 3 heterocycles. The number of H-pyrrole nitrogens is 1. The number of nitrogens with one attached hydrogen (secondary N) is 1. The lowest BCUT2D eigenvalue weighted by molar-refractivity contribution is 0.0733. The maximum Gasteiger partial charge on any atom is 0.254 e. The van der Waals surface area contributed by atoms with Crippen LogP contribution in [0.15, 0.2) is 48.9 Å². The van der Waals surface area contributed by atoms with Crippen molar-refractivity contribution in [3.63, 3.8) is 0 Å². The third-order valence-corrected chi connectivity index (χ3v) is 3.93. The standard InChI is InChI=1S/C17H15N3O2/c21-17(13-2-1-12-3-6-19-15(12)9-13)20-7-8-22-16-4-5-18-10-14(16)11-20/h1-6,9-10,19H,7-8,11H2. The van der Waals surface area contributed by atoms with Gasteiger partial charge in [-0.05, 0) is 29.7 Å². The predicted octanol–water partition coefficient (Wildman–Crippen LogP) is 2.60. The van der Waals surface area contributed by atoms with E-state index in [0.717, 1.165) is 22.2 Å². The molecule has 1 aliphatic heterocycles. The van der Waals surface area contributed by atoms with Crippen molar-refractivity contribution in [2.24, 2.45) is 0 Å². The highest BCUT2D eigenvalue weighted by molar-refractivity contribution is 5.98. The van der Waals surface area contributed by atoms with Gasteiger partial charge in [0.05, 0.1) is 13.1 Å². The molecule has 1 N–H and O–H groups in total. The third-order valence-electron chi connectivity index (χ3n) is 3.93. The van der Waals surface area contributed by atoms with Gasteiger partial charge in [-0.3, -0.25) is 9.78 Å². The van der Waals surface area contributed by atoms with Gasteiger partial charge in [-0.15, -0.1) is 0 Å². The SMILES string of the molecule is O=C(c1ccc2cc[nH]c2c1)N1CCOc2ccncc2C1. The Morgan fingerprint density at radius 2 is 2.23 bits per heavy atom. The van der Waals surface area contributed by atoms with Crippen LogP contribution < -0.4 is 4.74 Å². The maximum atomic E-state index is 12.8. The molecule has 0 fully saturated rings.